The van der Waals surface area contributed by atoms with Gasteiger partial charge in [-0.25, -0.2) is 9.97 Å². The third-order valence-corrected chi connectivity index (χ3v) is 3.88. The fourth-order valence-electron chi connectivity index (χ4n) is 2.39. The summed E-state index contributed by atoms with van der Waals surface area (Å²) in [6.07, 6.45) is 4.17. The predicted molar refractivity (Wildman–Crippen MR) is 84.1 cm³/mol. The average molecular weight is 283 g/mol. The third kappa shape index (κ3) is 2.96. The van der Waals surface area contributed by atoms with Gasteiger partial charge in [-0.2, -0.15) is 0 Å². The first-order valence-electron chi connectivity index (χ1n) is 7.48. The minimum absolute atomic E-state index is 0.500. The molecule has 0 unspecified atom stereocenters. The Morgan fingerprint density at radius 1 is 1.29 bits per heavy atom. The van der Waals surface area contributed by atoms with Crippen LogP contribution >= 0.6 is 0 Å². The second kappa shape index (κ2) is 5.68. The monoisotopic (exact) mass is 283 g/mol. The first-order chi connectivity index (χ1) is 10.2. The Kier molecular flexibility index (Phi) is 3.73. The molecule has 0 spiro atoms. The topological polar surface area (TPSA) is 67.9 Å². The van der Waals surface area contributed by atoms with Gasteiger partial charge in [-0.1, -0.05) is 6.07 Å². The lowest BCUT2D eigenvalue weighted by Gasteiger charge is -2.24. The van der Waals surface area contributed by atoms with E-state index >= 15 is 0 Å². The highest BCUT2D eigenvalue weighted by Crippen LogP contribution is 2.39. The van der Waals surface area contributed by atoms with E-state index in [9.17, 15) is 0 Å². The fourth-order valence-corrected chi connectivity index (χ4v) is 2.39. The normalized spacial score (nSPS) is 14.2. The molecule has 5 heteroatoms. The van der Waals surface area contributed by atoms with Gasteiger partial charge in [0.1, 0.15) is 17.5 Å². The Bertz CT molecular complexity index is 622. The zero-order chi connectivity index (χ0) is 14.8. The van der Waals surface area contributed by atoms with Crippen molar-refractivity contribution >= 4 is 11.6 Å². The van der Waals surface area contributed by atoms with Gasteiger partial charge in [-0.15, -0.1) is 0 Å². The average Bonchev–Trinajstić information content (AvgIpc) is 3.33. The molecule has 0 saturated heterocycles. The molecule has 21 heavy (non-hydrogen) atoms. The summed E-state index contributed by atoms with van der Waals surface area (Å²) in [5.74, 6) is 2.94. The molecule has 2 aromatic heterocycles. The van der Waals surface area contributed by atoms with Crippen LogP contribution in [0.25, 0.3) is 0 Å². The van der Waals surface area contributed by atoms with Gasteiger partial charge < -0.3 is 10.6 Å². The summed E-state index contributed by atoms with van der Waals surface area (Å²) < 4.78 is 0. The van der Waals surface area contributed by atoms with Crippen LogP contribution in [0.15, 0.2) is 24.4 Å². The van der Waals surface area contributed by atoms with Gasteiger partial charge in [0, 0.05) is 24.2 Å². The second-order valence-corrected chi connectivity index (χ2v) is 5.53. The first-order valence-corrected chi connectivity index (χ1v) is 7.48. The molecule has 2 heterocycles. The molecule has 110 valence electrons. The predicted octanol–water partition coefficient (Wildman–Crippen LogP) is 2.67. The summed E-state index contributed by atoms with van der Waals surface area (Å²) in [5.41, 5.74) is 8.07. The number of hydrogen-bond acceptors (Lipinski definition) is 5. The van der Waals surface area contributed by atoms with E-state index in [0.717, 1.165) is 36.0 Å². The molecule has 5 nitrogen and oxygen atoms in total. The molecule has 3 rings (SSSR count). The molecule has 0 bridgehead atoms. The molecular weight excluding hydrogens is 262 g/mol. The van der Waals surface area contributed by atoms with Gasteiger partial charge in [0.05, 0.1) is 12.2 Å². The summed E-state index contributed by atoms with van der Waals surface area (Å²) >= 11 is 0. The molecule has 0 radical (unpaired) electrons. The number of hydrogen-bond donors (Lipinski definition) is 1. The van der Waals surface area contributed by atoms with Crippen LogP contribution in [0.1, 0.15) is 42.8 Å². The maximum absolute atomic E-state index is 6.08. The van der Waals surface area contributed by atoms with E-state index < -0.39 is 0 Å². The third-order valence-electron chi connectivity index (χ3n) is 3.88. The van der Waals surface area contributed by atoms with Crippen LogP contribution in [0.5, 0.6) is 0 Å². The van der Waals surface area contributed by atoms with Crippen LogP contribution in [0.2, 0.25) is 0 Å². The van der Waals surface area contributed by atoms with Gasteiger partial charge >= 0.3 is 0 Å². The first kappa shape index (κ1) is 13.8. The van der Waals surface area contributed by atoms with Crippen molar-refractivity contribution in [3.05, 3.63) is 41.5 Å². The maximum atomic E-state index is 6.08. The number of nitrogens with zero attached hydrogens (tertiary/aromatic N) is 4. The van der Waals surface area contributed by atoms with E-state index in [2.05, 4.69) is 21.8 Å². The van der Waals surface area contributed by atoms with Gasteiger partial charge in [-0.05, 0) is 38.8 Å². The highest BCUT2D eigenvalue weighted by molar-refractivity contribution is 5.57. The van der Waals surface area contributed by atoms with Crippen molar-refractivity contribution in [1.82, 2.24) is 15.0 Å². The van der Waals surface area contributed by atoms with E-state index in [1.165, 1.54) is 12.8 Å². The molecule has 0 atom stereocenters. The Labute approximate surface area is 125 Å². The number of rotatable bonds is 5. The maximum Gasteiger partial charge on any atom is 0.137 e. The van der Waals surface area contributed by atoms with E-state index in [0.29, 0.717) is 11.7 Å². The van der Waals surface area contributed by atoms with Crippen molar-refractivity contribution in [3.8, 4) is 0 Å². The lowest BCUT2D eigenvalue weighted by molar-refractivity contribution is 0.774. The van der Waals surface area contributed by atoms with Crippen molar-refractivity contribution in [2.45, 2.75) is 39.2 Å². The quantitative estimate of drug-likeness (QED) is 0.913. The smallest absolute Gasteiger partial charge is 0.137 e. The molecule has 0 aliphatic heterocycles. The SMILES string of the molecule is CCN(Cc1ccccn1)c1nc(C2CC2)nc(N)c1C. The number of pyridine rings is 1. The summed E-state index contributed by atoms with van der Waals surface area (Å²) in [6, 6.07) is 5.97. The number of aromatic nitrogens is 3. The second-order valence-electron chi connectivity index (χ2n) is 5.53. The Balaban J connectivity index is 1.92. The van der Waals surface area contributed by atoms with Gasteiger partial charge in [0.2, 0.25) is 0 Å². The van der Waals surface area contributed by atoms with Crippen molar-refractivity contribution < 1.29 is 0 Å². The Hall–Kier alpha value is -2.17. The zero-order valence-corrected chi connectivity index (χ0v) is 12.6. The number of nitrogen functional groups attached to an aromatic ring is 1. The van der Waals surface area contributed by atoms with Gasteiger partial charge in [0.25, 0.3) is 0 Å². The summed E-state index contributed by atoms with van der Waals surface area (Å²) in [4.78, 5) is 15.8. The molecule has 1 aliphatic rings. The lowest BCUT2D eigenvalue weighted by Crippen LogP contribution is -2.25. The van der Waals surface area contributed by atoms with E-state index in [-0.39, 0.29) is 0 Å². The summed E-state index contributed by atoms with van der Waals surface area (Å²) in [5, 5.41) is 0. The molecule has 2 aromatic rings. The van der Waals surface area contributed by atoms with Crippen molar-refractivity contribution in [3.63, 3.8) is 0 Å². The molecule has 0 amide bonds. The van der Waals surface area contributed by atoms with Crippen LogP contribution in [0.3, 0.4) is 0 Å². The van der Waals surface area contributed by atoms with Crippen LogP contribution in [-0.4, -0.2) is 21.5 Å². The van der Waals surface area contributed by atoms with E-state index in [1.807, 2.05) is 31.3 Å². The van der Waals surface area contributed by atoms with E-state index in [1.54, 1.807) is 0 Å². The molecular formula is C16H21N5. The number of anilines is 2. The van der Waals surface area contributed by atoms with E-state index in [4.69, 9.17) is 10.7 Å². The standard InChI is InChI=1S/C16H21N5/c1-3-21(10-13-6-4-5-9-18-13)16-11(2)14(17)19-15(20-16)12-7-8-12/h4-6,9,12H,3,7-8,10H2,1-2H3,(H2,17,19,20). The fraction of sp³-hybridized carbons (Fsp3) is 0.438. The molecule has 1 aliphatic carbocycles. The highest BCUT2D eigenvalue weighted by Gasteiger charge is 2.28. The van der Waals surface area contributed by atoms with Crippen LogP contribution in [-0.2, 0) is 6.54 Å². The van der Waals surface area contributed by atoms with Gasteiger partial charge in [-0.3, -0.25) is 4.98 Å². The molecule has 2 N–H and O–H groups in total. The highest BCUT2D eigenvalue weighted by atomic mass is 15.2. The lowest BCUT2D eigenvalue weighted by atomic mass is 10.2. The minimum Gasteiger partial charge on any atom is -0.383 e. The Morgan fingerprint density at radius 2 is 2.10 bits per heavy atom. The van der Waals surface area contributed by atoms with Crippen LogP contribution < -0.4 is 10.6 Å². The largest absolute Gasteiger partial charge is 0.383 e. The molecule has 0 aromatic carbocycles. The number of nitrogens with two attached hydrogens (primary N) is 1. The Morgan fingerprint density at radius 3 is 2.71 bits per heavy atom. The summed E-state index contributed by atoms with van der Waals surface area (Å²) in [6.45, 7) is 5.70. The molecule has 1 saturated carbocycles. The minimum atomic E-state index is 0.500. The van der Waals surface area contributed by atoms with Crippen LogP contribution in [0, 0.1) is 6.92 Å². The van der Waals surface area contributed by atoms with Crippen molar-refractivity contribution in [1.29, 1.82) is 0 Å². The zero-order valence-electron chi connectivity index (χ0n) is 12.6. The van der Waals surface area contributed by atoms with Crippen LogP contribution in [0.4, 0.5) is 11.6 Å². The van der Waals surface area contributed by atoms with Gasteiger partial charge in [0.15, 0.2) is 0 Å². The van der Waals surface area contributed by atoms with Crippen molar-refractivity contribution in [2.75, 3.05) is 17.2 Å². The summed E-state index contributed by atoms with van der Waals surface area (Å²) in [7, 11) is 0. The molecule has 1 fully saturated rings. The van der Waals surface area contributed by atoms with Crippen molar-refractivity contribution in [2.24, 2.45) is 0 Å².